The molecule has 0 saturated heterocycles. The number of rotatable bonds is 54. The van der Waals surface area contributed by atoms with Crippen LogP contribution in [-0.2, 0) is 69.5 Å². The van der Waals surface area contributed by atoms with Crippen molar-refractivity contribution < 1.29 is 92.2 Å². The maximum absolute atomic E-state index is 14.8. The molecule has 4 aromatic rings. The third-order valence-corrected chi connectivity index (χ3v) is 20.1. The van der Waals surface area contributed by atoms with E-state index < -0.39 is 186 Å². The summed E-state index contributed by atoms with van der Waals surface area (Å²) < 4.78 is 12.2. The van der Waals surface area contributed by atoms with Gasteiger partial charge in [-0.05, 0) is 183 Å². The van der Waals surface area contributed by atoms with Crippen molar-refractivity contribution in [2.75, 3.05) is 52.4 Å². The van der Waals surface area contributed by atoms with Gasteiger partial charge in [0.25, 0.3) is 0 Å². The molecule has 9 atom stereocenters. The van der Waals surface area contributed by atoms with Crippen LogP contribution in [0.4, 0.5) is 0 Å². The molecule has 0 aromatic heterocycles. The number of amides is 10. The van der Waals surface area contributed by atoms with Crippen molar-refractivity contribution in [1.82, 2.24) is 74.4 Å². The number of primary amides is 1. The summed E-state index contributed by atoms with van der Waals surface area (Å²) in [5.41, 5.74) is 50.2. The molecule has 0 aliphatic carbocycles. The molecule has 686 valence electrons. The highest BCUT2D eigenvalue weighted by Crippen LogP contribution is 2.57. The zero-order chi connectivity index (χ0) is 92.9. The Bertz CT molecular complexity index is 4580. The van der Waals surface area contributed by atoms with Gasteiger partial charge in [0.15, 0.2) is 41.2 Å². The van der Waals surface area contributed by atoms with Gasteiger partial charge in [-0.25, -0.2) is 9.59 Å². The second-order valence-electron chi connectivity index (χ2n) is 29.9. The first-order chi connectivity index (χ1) is 59.8. The van der Waals surface area contributed by atoms with E-state index in [-0.39, 0.29) is 210 Å². The summed E-state index contributed by atoms with van der Waals surface area (Å²) in [6.45, 7) is -0.503. The fourth-order valence-electron chi connectivity index (χ4n) is 13.7. The monoisotopic (exact) mass is 1760 g/mol. The molecular formula is C79H116N28O19. The topological polar surface area (TPSA) is 843 Å². The Hall–Kier alpha value is -14.4. The maximum atomic E-state index is 14.8. The number of esters is 1. The molecule has 0 saturated carbocycles. The molecule has 1 spiro atoms. The number of phenols is 3. The van der Waals surface area contributed by atoms with Crippen molar-refractivity contribution >= 4 is 107 Å². The average Bonchev–Trinajstić information content (AvgIpc) is 1.51. The number of ether oxygens (including phenoxy) is 2. The number of nitrogens with one attached hydrogen (secondary N) is 19. The number of carbonyl (C=O) groups is 13. The van der Waals surface area contributed by atoms with Crippen molar-refractivity contribution in [2.45, 2.75) is 182 Å². The number of fused-ring (bicyclic) bond motifs is 6. The largest absolute Gasteiger partial charge is 0.508 e. The lowest BCUT2D eigenvalue weighted by Crippen LogP contribution is -2.60. The number of guanidine groups is 5. The van der Waals surface area contributed by atoms with Gasteiger partial charge in [0.1, 0.15) is 77.1 Å². The molecule has 47 heteroatoms. The molecule has 47 nitrogen and oxygen atoms in total. The molecule has 0 unspecified atom stereocenters. The van der Waals surface area contributed by atoms with Crippen molar-refractivity contribution in [1.29, 1.82) is 27.0 Å². The Morgan fingerprint density at radius 1 is 0.405 bits per heavy atom. The van der Waals surface area contributed by atoms with E-state index >= 15 is 0 Å². The van der Waals surface area contributed by atoms with Gasteiger partial charge >= 0.3 is 11.9 Å². The highest BCUT2D eigenvalue weighted by Gasteiger charge is 2.54. The summed E-state index contributed by atoms with van der Waals surface area (Å²) >= 11 is 0. The van der Waals surface area contributed by atoms with Gasteiger partial charge in [0.2, 0.25) is 59.1 Å². The molecule has 2 heterocycles. The second-order valence-corrected chi connectivity index (χ2v) is 29.9. The van der Waals surface area contributed by atoms with E-state index in [4.69, 9.17) is 88.1 Å². The molecule has 0 radical (unpaired) electrons. The van der Waals surface area contributed by atoms with E-state index in [0.717, 1.165) is 0 Å². The van der Waals surface area contributed by atoms with E-state index in [1.54, 1.807) is 0 Å². The first-order valence-electron chi connectivity index (χ1n) is 40.7. The lowest BCUT2D eigenvalue weighted by atomic mass is 9.77. The van der Waals surface area contributed by atoms with Crippen LogP contribution in [0, 0.1) is 27.0 Å². The van der Waals surface area contributed by atoms with Crippen molar-refractivity contribution in [3.8, 4) is 28.7 Å². The number of benzene rings is 4. The highest BCUT2D eigenvalue weighted by atomic mass is 16.6. The van der Waals surface area contributed by atoms with Crippen LogP contribution in [0.2, 0.25) is 0 Å². The molecule has 0 fully saturated rings. The van der Waals surface area contributed by atoms with Crippen LogP contribution in [-0.4, -0.2) is 234 Å². The minimum absolute atomic E-state index is 0.00154. The van der Waals surface area contributed by atoms with Crippen LogP contribution in [0.15, 0.2) is 72.8 Å². The van der Waals surface area contributed by atoms with E-state index in [9.17, 15) is 82.8 Å². The summed E-state index contributed by atoms with van der Waals surface area (Å²) in [6.07, 6.45) is -1.33. The quantitative estimate of drug-likeness (QED) is 0.00644. The van der Waals surface area contributed by atoms with Crippen LogP contribution in [0.3, 0.4) is 0 Å². The van der Waals surface area contributed by atoms with E-state index in [1.165, 1.54) is 72.8 Å². The van der Waals surface area contributed by atoms with E-state index in [2.05, 4.69) is 74.4 Å². The molecule has 10 amide bonds. The zero-order valence-corrected chi connectivity index (χ0v) is 69.3. The Balaban J connectivity index is 1.19. The maximum Gasteiger partial charge on any atom is 0.340 e. The Kier molecular flexibility index (Phi) is 39.6. The predicted octanol–water partition coefficient (Wildman–Crippen LogP) is -5.61. The first-order valence-corrected chi connectivity index (χ1v) is 40.7. The third-order valence-electron chi connectivity index (χ3n) is 20.1. The minimum atomic E-state index is -1.74. The number of aromatic hydroxyl groups is 3. The van der Waals surface area contributed by atoms with Crippen LogP contribution in [0.5, 0.6) is 28.7 Å². The normalized spacial score (nSPS) is 14.0. The summed E-state index contributed by atoms with van der Waals surface area (Å²) in [4.78, 5) is 182. The van der Waals surface area contributed by atoms with Crippen LogP contribution in [0.1, 0.15) is 164 Å². The average molecular weight is 1760 g/mol. The summed E-state index contributed by atoms with van der Waals surface area (Å²) in [6, 6.07) is 2.55. The van der Waals surface area contributed by atoms with Gasteiger partial charge in [0.05, 0.1) is 23.7 Å². The molecule has 6 rings (SSSR count). The predicted molar refractivity (Wildman–Crippen MR) is 457 cm³/mol. The summed E-state index contributed by atoms with van der Waals surface area (Å²) in [7, 11) is 0. The van der Waals surface area contributed by atoms with Crippen LogP contribution < -0.4 is 131 Å². The van der Waals surface area contributed by atoms with E-state index in [0.29, 0.717) is 12.8 Å². The lowest BCUT2D eigenvalue weighted by molar-refractivity contribution is -0.142. The molecular weight excluding hydrogens is 1650 g/mol. The van der Waals surface area contributed by atoms with Crippen LogP contribution in [0.25, 0.3) is 0 Å². The fraction of sp³-hybridized carbons (Fsp3) is 0.468. The summed E-state index contributed by atoms with van der Waals surface area (Å²) in [5, 5.41) is 116. The number of ketones is 1. The van der Waals surface area contributed by atoms with Gasteiger partial charge in [-0.15, -0.1) is 0 Å². The second kappa shape index (κ2) is 49.7. The molecule has 41 N–H and O–H groups in total. The van der Waals surface area contributed by atoms with Gasteiger partial charge in [-0.2, -0.15) is 0 Å². The fourth-order valence-corrected chi connectivity index (χ4v) is 13.7. The van der Waals surface area contributed by atoms with Gasteiger partial charge in [0, 0.05) is 73.5 Å². The minimum Gasteiger partial charge on any atom is -0.508 e. The number of unbranched alkanes of at least 4 members (excludes halogenated alkanes) is 2. The molecule has 2 aliphatic heterocycles. The Morgan fingerprint density at radius 2 is 0.770 bits per heavy atom. The highest BCUT2D eigenvalue weighted by molar-refractivity contribution is 6.12. The smallest absolute Gasteiger partial charge is 0.340 e. The number of carboxylic acids is 1. The summed E-state index contributed by atoms with van der Waals surface area (Å²) in [5.74, 6) is -15.5. The first kappa shape index (κ1) is 100. The van der Waals surface area contributed by atoms with Gasteiger partial charge in [-0.1, -0.05) is 12.1 Å². The number of hydrogen-bond acceptors (Lipinski definition) is 26. The third kappa shape index (κ3) is 31.2. The number of aliphatic carboxylic acids is 1. The Labute approximate surface area is 723 Å². The van der Waals surface area contributed by atoms with Crippen molar-refractivity contribution in [3.63, 3.8) is 0 Å². The number of nitrogens with two attached hydrogens (primary N) is 9. The number of phenolic OH excluding ortho intramolecular Hbond substituents is 3. The molecule has 126 heavy (non-hydrogen) atoms. The van der Waals surface area contributed by atoms with Gasteiger partial charge < -0.3 is 156 Å². The Morgan fingerprint density at radius 3 is 1.14 bits per heavy atom. The molecule has 4 aromatic carbocycles. The SMILES string of the molecule is N=C(N)NCCC[C@H](NC(=O)[C@H](CCCNC(=N)N)NC(=O)[C@H](CCC(N)=O)NC(=O)[C@H](CCCNC(=N)N)NC(=O)[C@H](CCCNC(=N)N)NC(=O)[C@H](CCCCN)NC(=O)[C@H](CCCCN)NC(=O)[C@H](CCCNC(=N)N)NC(=O)CNC(=O)[C@@H](N)Cc1ccc(O)c(C(=O)c2ccc3c(c2)C2(OC3=O)c3ccc(O)cc3Oc3cc(O)ccc32)c1)C(=O)O. The number of carbonyl (C=O) groups excluding carboxylic acids is 12. The van der Waals surface area contributed by atoms with Crippen molar-refractivity contribution in [3.05, 3.63) is 112 Å². The molecule has 0 bridgehead atoms. The number of hydrogen-bond donors (Lipinski definition) is 32. The lowest BCUT2D eigenvalue weighted by Gasteiger charge is -2.36. The van der Waals surface area contributed by atoms with Crippen molar-refractivity contribution in [2.24, 2.45) is 51.6 Å². The van der Waals surface area contributed by atoms with Crippen LogP contribution >= 0.6 is 0 Å². The number of carboxylic acid groups (broad SMARTS) is 1. The standard InChI is InChI=1S/C79H116N28O19/c80-27-3-1-10-51(101-65(115)50(12-5-29-94-74(84)85)100-62(112)39-99-64(114)49(82)35-40-17-25-58(110)45(34-40)63(113)41-18-21-44-48(36-41)79(126-73(44)124)46-22-19-42(108)37-59(46)125-60-38-43(109)20-23-47(60)79)66(116)102-52(11-2-4-28-81)67(117)103-53(13-6-30-95-75(86)87)68(118)104-54(14-7-31-96-76(88)89)69(119)106-56(24-26-61(83)111)71(121)105-55(15-8-32-97-77(90)91)70(120)107-57(72(122)123)16-9-33-98-78(92)93/h17-23,25,34,36-38,49-57,108-110H,1-16,24,26-33,35,39,80-82H2,(H2,83,111)(H,99,114)(H,100,112)(H,101,115)(H,102,116)(H,103,117)(H,104,118)(H,105,121)(H,106,119)(H,107,120)(H,122,123)(H4,84,85,94)(H4,86,87,95)(H4,88,89,96)(H4,90,91,97)(H4,92,93,98)/t49-,50-,51-,52-,53-,54-,55-,56-,57-/m0/s1. The molecule has 2 aliphatic rings. The zero-order valence-electron chi connectivity index (χ0n) is 69.3. The van der Waals surface area contributed by atoms with E-state index in [1.807, 2.05) is 0 Å². The van der Waals surface area contributed by atoms with Gasteiger partial charge in [-0.3, -0.25) is 79.8 Å².